The van der Waals surface area contributed by atoms with Crippen LogP contribution in [0, 0.1) is 0 Å². The summed E-state index contributed by atoms with van der Waals surface area (Å²) >= 11 is 0. The Hall–Kier alpha value is -1.78. The minimum absolute atomic E-state index is 0.0792. The van der Waals surface area contributed by atoms with Gasteiger partial charge < -0.3 is 13.9 Å². The first-order chi connectivity index (χ1) is 7.06. The molecule has 15 heavy (non-hydrogen) atoms. The summed E-state index contributed by atoms with van der Waals surface area (Å²) in [5.41, 5.74) is 0.0792. The van der Waals surface area contributed by atoms with E-state index < -0.39 is 11.9 Å². The average Bonchev–Trinajstić information content (AvgIpc) is 2.63. The standard InChI is InChI=1S/C10H12O5/c1-6(2)15-9(11)7-4-5-14-8(7)10(12)13-3/h4-6H,1-3H3. The average molecular weight is 212 g/mol. The van der Waals surface area contributed by atoms with E-state index in [1.165, 1.54) is 19.4 Å². The normalized spacial score (nSPS) is 10.1. The Bertz CT molecular complexity index is 364. The van der Waals surface area contributed by atoms with Gasteiger partial charge in [-0.1, -0.05) is 0 Å². The number of ether oxygens (including phenoxy) is 2. The summed E-state index contributed by atoms with van der Waals surface area (Å²) in [5.74, 6) is -1.43. The SMILES string of the molecule is COC(=O)c1occc1C(=O)OC(C)C. The fraction of sp³-hybridized carbons (Fsp3) is 0.400. The van der Waals surface area contributed by atoms with Crippen LogP contribution in [-0.2, 0) is 9.47 Å². The molecule has 0 saturated carbocycles. The summed E-state index contributed by atoms with van der Waals surface area (Å²) in [6.07, 6.45) is 0.987. The third kappa shape index (κ3) is 2.59. The van der Waals surface area contributed by atoms with Crippen LogP contribution in [0.4, 0.5) is 0 Å². The molecule has 1 rings (SSSR count). The molecule has 0 bridgehead atoms. The summed E-state index contributed by atoms with van der Waals surface area (Å²) in [4.78, 5) is 22.6. The number of methoxy groups -OCH3 is 1. The number of furan rings is 1. The van der Waals surface area contributed by atoms with Crippen LogP contribution < -0.4 is 0 Å². The van der Waals surface area contributed by atoms with Crippen LogP contribution in [0.25, 0.3) is 0 Å². The molecule has 0 N–H and O–H groups in total. The Labute approximate surface area is 87.0 Å². The van der Waals surface area contributed by atoms with Gasteiger partial charge in [0.05, 0.1) is 19.5 Å². The Kier molecular flexibility index (Phi) is 3.49. The van der Waals surface area contributed by atoms with Crippen molar-refractivity contribution in [3.63, 3.8) is 0 Å². The highest BCUT2D eigenvalue weighted by molar-refractivity contribution is 6.01. The predicted molar refractivity (Wildman–Crippen MR) is 50.6 cm³/mol. The smallest absolute Gasteiger partial charge is 0.374 e. The molecule has 0 spiro atoms. The second-order valence-electron chi connectivity index (χ2n) is 3.11. The molecule has 0 aliphatic carbocycles. The van der Waals surface area contributed by atoms with E-state index in [1.54, 1.807) is 13.8 Å². The van der Waals surface area contributed by atoms with Crippen molar-refractivity contribution in [2.45, 2.75) is 20.0 Å². The Balaban J connectivity index is 2.90. The molecule has 0 atom stereocenters. The van der Waals surface area contributed by atoms with Gasteiger partial charge in [0.15, 0.2) is 0 Å². The van der Waals surface area contributed by atoms with Gasteiger partial charge in [-0.3, -0.25) is 0 Å². The molecule has 0 radical (unpaired) electrons. The molecule has 0 fully saturated rings. The Morgan fingerprint density at radius 3 is 2.53 bits per heavy atom. The van der Waals surface area contributed by atoms with Gasteiger partial charge in [0.2, 0.25) is 5.76 Å². The van der Waals surface area contributed by atoms with E-state index in [9.17, 15) is 9.59 Å². The summed E-state index contributed by atoms with van der Waals surface area (Å²) in [7, 11) is 1.21. The van der Waals surface area contributed by atoms with Crippen molar-refractivity contribution in [1.29, 1.82) is 0 Å². The van der Waals surface area contributed by atoms with E-state index in [-0.39, 0.29) is 17.4 Å². The molecule has 1 heterocycles. The van der Waals surface area contributed by atoms with Crippen LogP contribution in [-0.4, -0.2) is 25.2 Å². The van der Waals surface area contributed by atoms with Crippen LogP contribution in [0.1, 0.15) is 34.8 Å². The summed E-state index contributed by atoms with van der Waals surface area (Å²) in [6.45, 7) is 3.44. The lowest BCUT2D eigenvalue weighted by Gasteiger charge is -2.06. The minimum Gasteiger partial charge on any atom is -0.463 e. The first-order valence-electron chi connectivity index (χ1n) is 4.43. The first kappa shape index (κ1) is 11.3. The molecule has 0 aliphatic heterocycles. The Morgan fingerprint density at radius 1 is 1.33 bits per heavy atom. The predicted octanol–water partition coefficient (Wildman–Crippen LogP) is 1.63. The first-order valence-corrected chi connectivity index (χ1v) is 4.43. The van der Waals surface area contributed by atoms with Crippen molar-refractivity contribution >= 4 is 11.9 Å². The van der Waals surface area contributed by atoms with Crippen molar-refractivity contribution in [3.8, 4) is 0 Å². The fourth-order valence-corrected chi connectivity index (χ4v) is 0.998. The zero-order valence-corrected chi connectivity index (χ0v) is 8.77. The molecule has 0 aromatic carbocycles. The molecule has 5 heteroatoms. The number of carbonyl (C=O) groups excluding carboxylic acids is 2. The van der Waals surface area contributed by atoms with Crippen LogP contribution in [0.3, 0.4) is 0 Å². The second kappa shape index (κ2) is 4.63. The molecule has 1 aromatic rings. The van der Waals surface area contributed by atoms with Gasteiger partial charge >= 0.3 is 11.9 Å². The molecule has 0 unspecified atom stereocenters. The summed E-state index contributed by atoms with van der Waals surface area (Å²) < 4.78 is 14.2. The zero-order chi connectivity index (χ0) is 11.4. The third-order valence-corrected chi connectivity index (χ3v) is 1.60. The van der Waals surface area contributed by atoms with Gasteiger partial charge in [0, 0.05) is 0 Å². The molecule has 0 saturated heterocycles. The van der Waals surface area contributed by atoms with Crippen LogP contribution >= 0.6 is 0 Å². The fourth-order valence-electron chi connectivity index (χ4n) is 0.998. The minimum atomic E-state index is -0.698. The van der Waals surface area contributed by atoms with Crippen molar-refractivity contribution in [2.75, 3.05) is 7.11 Å². The highest BCUT2D eigenvalue weighted by Gasteiger charge is 2.22. The van der Waals surface area contributed by atoms with E-state index in [1.807, 2.05) is 0 Å². The lowest BCUT2D eigenvalue weighted by molar-refractivity contribution is 0.0363. The Morgan fingerprint density at radius 2 is 2.00 bits per heavy atom. The third-order valence-electron chi connectivity index (χ3n) is 1.60. The van der Waals surface area contributed by atoms with Gasteiger partial charge in [-0.15, -0.1) is 0 Å². The van der Waals surface area contributed by atoms with Gasteiger partial charge in [-0.05, 0) is 19.9 Å². The maximum absolute atomic E-state index is 11.5. The maximum atomic E-state index is 11.5. The van der Waals surface area contributed by atoms with Gasteiger partial charge in [0.25, 0.3) is 0 Å². The molecular weight excluding hydrogens is 200 g/mol. The van der Waals surface area contributed by atoms with Crippen molar-refractivity contribution < 1.29 is 23.5 Å². The molecular formula is C10H12O5. The van der Waals surface area contributed by atoms with Gasteiger partial charge in [-0.25, -0.2) is 9.59 Å². The maximum Gasteiger partial charge on any atom is 0.374 e. The highest BCUT2D eigenvalue weighted by Crippen LogP contribution is 2.13. The van der Waals surface area contributed by atoms with Crippen LogP contribution in [0.2, 0.25) is 0 Å². The highest BCUT2D eigenvalue weighted by atomic mass is 16.5. The topological polar surface area (TPSA) is 65.7 Å². The number of esters is 2. The molecule has 0 aliphatic rings. The zero-order valence-electron chi connectivity index (χ0n) is 8.77. The van der Waals surface area contributed by atoms with Crippen LogP contribution in [0.5, 0.6) is 0 Å². The van der Waals surface area contributed by atoms with E-state index in [4.69, 9.17) is 9.15 Å². The monoisotopic (exact) mass is 212 g/mol. The molecule has 1 aromatic heterocycles. The molecule has 5 nitrogen and oxygen atoms in total. The van der Waals surface area contributed by atoms with Crippen LogP contribution in [0.15, 0.2) is 16.7 Å². The summed E-state index contributed by atoms with van der Waals surface area (Å²) in [5, 5.41) is 0. The largest absolute Gasteiger partial charge is 0.463 e. The van der Waals surface area contributed by atoms with E-state index in [0.29, 0.717) is 0 Å². The molecule has 82 valence electrons. The van der Waals surface area contributed by atoms with E-state index in [2.05, 4.69) is 4.74 Å². The number of rotatable bonds is 3. The number of hydrogen-bond donors (Lipinski definition) is 0. The quantitative estimate of drug-likeness (QED) is 0.712. The van der Waals surface area contributed by atoms with E-state index in [0.717, 1.165) is 0 Å². The summed E-state index contributed by atoms with van der Waals surface area (Å²) in [6, 6.07) is 1.37. The van der Waals surface area contributed by atoms with Gasteiger partial charge in [-0.2, -0.15) is 0 Å². The van der Waals surface area contributed by atoms with Crippen molar-refractivity contribution in [2.24, 2.45) is 0 Å². The van der Waals surface area contributed by atoms with Crippen molar-refractivity contribution in [1.82, 2.24) is 0 Å². The lowest BCUT2D eigenvalue weighted by Crippen LogP contribution is -2.14. The number of hydrogen-bond acceptors (Lipinski definition) is 5. The molecule has 0 amide bonds. The lowest BCUT2D eigenvalue weighted by atomic mass is 10.2. The van der Waals surface area contributed by atoms with E-state index >= 15 is 0 Å². The van der Waals surface area contributed by atoms with Crippen molar-refractivity contribution in [3.05, 3.63) is 23.7 Å². The number of carbonyl (C=O) groups is 2. The second-order valence-corrected chi connectivity index (χ2v) is 3.11. The van der Waals surface area contributed by atoms with Gasteiger partial charge in [0.1, 0.15) is 5.56 Å².